The van der Waals surface area contributed by atoms with Crippen LogP contribution in [0.15, 0.2) is 60.0 Å². The van der Waals surface area contributed by atoms with Crippen LogP contribution in [0.5, 0.6) is 0 Å². The van der Waals surface area contributed by atoms with Gasteiger partial charge in [0.15, 0.2) is 0 Å². The zero-order valence-corrected chi connectivity index (χ0v) is 17.3. The van der Waals surface area contributed by atoms with Gasteiger partial charge in [-0.15, -0.1) is 11.3 Å². The van der Waals surface area contributed by atoms with Gasteiger partial charge >= 0.3 is 0 Å². The number of benzene rings is 2. The molecular weight excluding hydrogens is 376 g/mol. The largest absolute Gasteiger partial charge is 0.345 e. The van der Waals surface area contributed by atoms with Crippen LogP contribution in [-0.4, -0.2) is 10.9 Å². The summed E-state index contributed by atoms with van der Waals surface area (Å²) in [4.78, 5) is 19.3. The Morgan fingerprint density at radius 3 is 2.72 bits per heavy atom. The number of hydrogen-bond acceptors (Lipinski definition) is 3. The highest BCUT2D eigenvalue weighted by molar-refractivity contribution is 7.13. The molecule has 0 bridgehead atoms. The van der Waals surface area contributed by atoms with Crippen LogP contribution in [0.4, 0.5) is 0 Å². The number of hydrogen-bond donors (Lipinski definition) is 1. The number of amides is 1. The zero-order valence-electron chi connectivity index (χ0n) is 16.5. The Morgan fingerprint density at radius 2 is 1.90 bits per heavy atom. The van der Waals surface area contributed by atoms with E-state index < -0.39 is 0 Å². The van der Waals surface area contributed by atoms with Crippen LogP contribution in [0.3, 0.4) is 0 Å². The van der Waals surface area contributed by atoms with Crippen molar-refractivity contribution in [1.29, 1.82) is 0 Å². The van der Waals surface area contributed by atoms with Crippen molar-refractivity contribution in [3.63, 3.8) is 0 Å². The predicted octanol–water partition coefficient (Wildman–Crippen LogP) is 6.00. The lowest BCUT2D eigenvalue weighted by Gasteiger charge is -2.16. The van der Waals surface area contributed by atoms with E-state index in [9.17, 15) is 4.79 Å². The quantitative estimate of drug-likeness (QED) is 0.460. The molecule has 1 atom stereocenters. The molecule has 0 saturated carbocycles. The zero-order chi connectivity index (χ0) is 20.0. The molecule has 2 heterocycles. The molecule has 1 aliphatic carbocycles. The summed E-state index contributed by atoms with van der Waals surface area (Å²) in [5, 5.41) is 6.24. The first-order valence-corrected chi connectivity index (χ1v) is 10.8. The molecule has 0 saturated heterocycles. The molecule has 4 heteroatoms. The van der Waals surface area contributed by atoms with E-state index in [-0.39, 0.29) is 11.9 Å². The third kappa shape index (κ3) is 3.23. The molecule has 0 spiro atoms. The van der Waals surface area contributed by atoms with Crippen LogP contribution in [0.1, 0.15) is 45.1 Å². The molecule has 29 heavy (non-hydrogen) atoms. The summed E-state index contributed by atoms with van der Waals surface area (Å²) in [6.45, 7) is 4.17. The summed E-state index contributed by atoms with van der Waals surface area (Å²) in [6, 6.07) is 18.7. The maximum Gasteiger partial charge on any atom is 0.252 e. The second-order valence-corrected chi connectivity index (χ2v) is 8.70. The van der Waals surface area contributed by atoms with Gasteiger partial charge in [-0.05, 0) is 78.6 Å². The van der Waals surface area contributed by atoms with Gasteiger partial charge in [0, 0.05) is 5.39 Å². The fourth-order valence-corrected chi connectivity index (χ4v) is 4.85. The summed E-state index contributed by atoms with van der Waals surface area (Å²) in [5.74, 6) is -0.0276. The highest BCUT2D eigenvalue weighted by atomic mass is 32.1. The first-order valence-electron chi connectivity index (χ1n) is 9.95. The molecule has 1 N–H and O–H groups in total. The molecule has 0 radical (unpaired) electrons. The van der Waals surface area contributed by atoms with Crippen LogP contribution in [0, 0.1) is 13.8 Å². The Labute approximate surface area is 174 Å². The number of aryl methyl sites for hydroxylation is 3. The molecule has 0 aliphatic heterocycles. The van der Waals surface area contributed by atoms with Crippen LogP contribution < -0.4 is 5.32 Å². The molecule has 0 unspecified atom stereocenters. The fraction of sp³-hybridized carbons (Fsp3) is 0.200. The van der Waals surface area contributed by atoms with Crippen LogP contribution in [-0.2, 0) is 6.42 Å². The van der Waals surface area contributed by atoms with Crippen molar-refractivity contribution in [1.82, 2.24) is 10.3 Å². The van der Waals surface area contributed by atoms with Gasteiger partial charge in [-0.3, -0.25) is 4.79 Å². The minimum atomic E-state index is -0.0276. The minimum absolute atomic E-state index is 0.0276. The summed E-state index contributed by atoms with van der Waals surface area (Å²) >= 11 is 1.64. The number of pyridine rings is 1. The Bertz CT molecular complexity index is 1230. The lowest BCUT2D eigenvalue weighted by atomic mass is 10.0. The second-order valence-electron chi connectivity index (χ2n) is 7.75. The molecule has 4 aromatic rings. The molecular formula is C25H22N2OS. The van der Waals surface area contributed by atoms with E-state index in [0.717, 1.165) is 34.3 Å². The molecule has 5 rings (SSSR count). The molecule has 2 aromatic carbocycles. The third-order valence-electron chi connectivity index (χ3n) is 5.88. The highest BCUT2D eigenvalue weighted by Crippen LogP contribution is 2.33. The molecule has 1 amide bonds. The minimum Gasteiger partial charge on any atom is -0.345 e. The number of nitrogens with zero attached hydrogens (tertiary/aromatic N) is 1. The van der Waals surface area contributed by atoms with Gasteiger partial charge in [0.05, 0.1) is 27.7 Å². The SMILES string of the molecule is Cc1cc2nc(-c3cccs3)cc(C(=O)N[C@@H]3CCc4ccccc43)c2cc1C. The Balaban J connectivity index is 1.59. The first-order chi connectivity index (χ1) is 14.1. The Hall–Kier alpha value is -2.98. The number of nitrogens with one attached hydrogen (secondary N) is 1. The van der Waals surface area contributed by atoms with Gasteiger partial charge in [-0.1, -0.05) is 30.3 Å². The average molecular weight is 399 g/mol. The number of aromatic nitrogens is 1. The van der Waals surface area contributed by atoms with Crippen molar-refractivity contribution in [2.24, 2.45) is 0 Å². The van der Waals surface area contributed by atoms with Gasteiger partial charge in [0.2, 0.25) is 0 Å². The fourth-order valence-electron chi connectivity index (χ4n) is 4.17. The van der Waals surface area contributed by atoms with E-state index in [1.54, 1.807) is 11.3 Å². The lowest BCUT2D eigenvalue weighted by Crippen LogP contribution is -2.27. The van der Waals surface area contributed by atoms with Crippen molar-refractivity contribution in [3.8, 4) is 10.6 Å². The lowest BCUT2D eigenvalue weighted by molar-refractivity contribution is 0.0938. The van der Waals surface area contributed by atoms with Crippen LogP contribution in [0.2, 0.25) is 0 Å². The molecule has 3 nitrogen and oxygen atoms in total. The Kier molecular flexibility index (Phi) is 4.44. The van der Waals surface area contributed by atoms with Crippen molar-refractivity contribution >= 4 is 28.1 Å². The van der Waals surface area contributed by atoms with Crippen molar-refractivity contribution in [2.45, 2.75) is 32.7 Å². The first kappa shape index (κ1) is 18.1. The smallest absolute Gasteiger partial charge is 0.252 e. The van der Waals surface area contributed by atoms with E-state index in [0.29, 0.717) is 5.56 Å². The number of fused-ring (bicyclic) bond motifs is 2. The van der Waals surface area contributed by atoms with Crippen LogP contribution in [0.25, 0.3) is 21.5 Å². The molecule has 144 valence electrons. The van der Waals surface area contributed by atoms with Gasteiger partial charge in [-0.25, -0.2) is 4.98 Å². The summed E-state index contributed by atoms with van der Waals surface area (Å²) < 4.78 is 0. The summed E-state index contributed by atoms with van der Waals surface area (Å²) in [5.41, 5.74) is 7.36. The van der Waals surface area contributed by atoms with Crippen molar-refractivity contribution < 1.29 is 4.79 Å². The standard InChI is InChI=1S/C25H22N2OS/c1-15-12-19-20(25(28)27-21-10-9-17-6-3-4-7-18(17)21)14-23(24-8-5-11-29-24)26-22(19)13-16(15)2/h3-8,11-14,21H,9-10H2,1-2H3,(H,27,28)/t21-/m1/s1. The molecule has 2 aromatic heterocycles. The predicted molar refractivity (Wildman–Crippen MR) is 120 cm³/mol. The number of carbonyl (C=O) groups is 1. The van der Waals surface area contributed by atoms with Gasteiger partial charge in [0.1, 0.15) is 0 Å². The van der Waals surface area contributed by atoms with Gasteiger partial charge < -0.3 is 5.32 Å². The molecule has 1 aliphatic rings. The van der Waals surface area contributed by atoms with Gasteiger partial charge in [-0.2, -0.15) is 0 Å². The number of carbonyl (C=O) groups excluding carboxylic acids is 1. The van der Waals surface area contributed by atoms with E-state index in [2.05, 4.69) is 55.6 Å². The third-order valence-corrected chi connectivity index (χ3v) is 6.77. The van der Waals surface area contributed by atoms with Crippen molar-refractivity contribution in [2.75, 3.05) is 0 Å². The maximum absolute atomic E-state index is 13.4. The summed E-state index contributed by atoms with van der Waals surface area (Å²) in [7, 11) is 0. The molecule has 0 fully saturated rings. The Morgan fingerprint density at radius 1 is 1.07 bits per heavy atom. The normalized spacial score (nSPS) is 15.4. The topological polar surface area (TPSA) is 42.0 Å². The van der Waals surface area contributed by atoms with E-state index in [4.69, 9.17) is 4.98 Å². The second kappa shape index (κ2) is 7.12. The van der Waals surface area contributed by atoms with Crippen LogP contribution >= 0.6 is 11.3 Å². The summed E-state index contributed by atoms with van der Waals surface area (Å²) in [6.07, 6.45) is 1.96. The number of thiophene rings is 1. The van der Waals surface area contributed by atoms with E-state index >= 15 is 0 Å². The highest BCUT2D eigenvalue weighted by Gasteiger charge is 2.25. The average Bonchev–Trinajstić information content (AvgIpc) is 3.39. The maximum atomic E-state index is 13.4. The van der Waals surface area contributed by atoms with Crippen molar-refractivity contribution in [3.05, 3.63) is 87.8 Å². The van der Waals surface area contributed by atoms with E-state index in [1.165, 1.54) is 22.3 Å². The number of rotatable bonds is 3. The van der Waals surface area contributed by atoms with E-state index in [1.807, 2.05) is 23.6 Å². The monoisotopic (exact) mass is 398 g/mol. The van der Waals surface area contributed by atoms with Gasteiger partial charge in [0.25, 0.3) is 5.91 Å².